The smallest absolute Gasteiger partial charge is 0.0766 e. The van der Waals surface area contributed by atoms with Crippen LogP contribution in [0, 0.1) is 11.3 Å². The number of halogens is 1. The third kappa shape index (κ3) is 2.52. The van der Waals surface area contributed by atoms with Crippen LogP contribution in [0.4, 0.5) is 0 Å². The molecule has 1 rings (SSSR count). The van der Waals surface area contributed by atoms with Crippen molar-refractivity contribution in [2.24, 2.45) is 0 Å². The van der Waals surface area contributed by atoms with Crippen molar-refractivity contribution in [2.75, 3.05) is 0 Å². The second-order valence-electron chi connectivity index (χ2n) is 4.63. The quantitative estimate of drug-likeness (QED) is 0.732. The van der Waals surface area contributed by atoms with Crippen LogP contribution >= 0.6 is 11.6 Å². The van der Waals surface area contributed by atoms with E-state index in [1.165, 1.54) is 0 Å². The zero-order valence-corrected chi connectivity index (χ0v) is 10.4. The molecular formula is C13H16ClN. The van der Waals surface area contributed by atoms with Gasteiger partial charge in [-0.2, -0.15) is 5.26 Å². The van der Waals surface area contributed by atoms with E-state index in [0.717, 1.165) is 16.1 Å². The van der Waals surface area contributed by atoms with Crippen LogP contribution in [0.25, 0.3) is 0 Å². The molecule has 0 saturated heterocycles. The molecule has 0 saturated carbocycles. The van der Waals surface area contributed by atoms with Crippen molar-refractivity contribution in [3.05, 3.63) is 34.3 Å². The standard InChI is InChI=1S/C13H16ClN/c1-9(2)11-6-5-10(7-12(11)14)13(3,4)8-15/h5-7,9H,1-4H3. The molecule has 0 aliphatic rings. The minimum atomic E-state index is -0.473. The molecule has 0 heterocycles. The highest BCUT2D eigenvalue weighted by atomic mass is 35.5. The van der Waals surface area contributed by atoms with Gasteiger partial charge >= 0.3 is 0 Å². The van der Waals surface area contributed by atoms with E-state index in [-0.39, 0.29) is 0 Å². The minimum absolute atomic E-state index is 0.414. The SMILES string of the molecule is CC(C)c1ccc(C(C)(C)C#N)cc1Cl. The summed E-state index contributed by atoms with van der Waals surface area (Å²) in [6.45, 7) is 8.01. The maximum Gasteiger partial charge on any atom is 0.0766 e. The average Bonchev–Trinajstić information content (AvgIpc) is 2.17. The maximum atomic E-state index is 9.02. The molecule has 0 spiro atoms. The molecule has 0 N–H and O–H groups in total. The highest BCUT2D eigenvalue weighted by Crippen LogP contribution is 2.30. The summed E-state index contributed by atoms with van der Waals surface area (Å²) in [5, 5.41) is 9.78. The van der Waals surface area contributed by atoms with Gasteiger partial charge in [-0.15, -0.1) is 0 Å². The number of nitrogens with zero attached hydrogens (tertiary/aromatic N) is 1. The first kappa shape index (κ1) is 12.1. The molecule has 0 aromatic heterocycles. The van der Waals surface area contributed by atoms with E-state index in [9.17, 15) is 0 Å². The van der Waals surface area contributed by atoms with E-state index in [0.29, 0.717) is 5.92 Å². The van der Waals surface area contributed by atoms with Crippen LogP contribution in [-0.2, 0) is 5.41 Å². The number of nitriles is 1. The van der Waals surface area contributed by atoms with Gasteiger partial charge < -0.3 is 0 Å². The second-order valence-corrected chi connectivity index (χ2v) is 5.03. The van der Waals surface area contributed by atoms with Crippen LogP contribution in [0.5, 0.6) is 0 Å². The minimum Gasteiger partial charge on any atom is -0.197 e. The molecule has 2 heteroatoms. The zero-order chi connectivity index (χ0) is 11.6. The summed E-state index contributed by atoms with van der Waals surface area (Å²) in [6.07, 6.45) is 0. The summed E-state index contributed by atoms with van der Waals surface area (Å²) in [5.41, 5.74) is 1.63. The fourth-order valence-electron chi connectivity index (χ4n) is 1.45. The Balaban J connectivity index is 3.19. The number of hydrogen-bond acceptors (Lipinski definition) is 1. The Morgan fingerprint density at radius 2 is 1.93 bits per heavy atom. The molecule has 0 aliphatic heterocycles. The van der Waals surface area contributed by atoms with E-state index in [4.69, 9.17) is 16.9 Å². The van der Waals surface area contributed by atoms with Crippen LogP contribution < -0.4 is 0 Å². The lowest BCUT2D eigenvalue weighted by atomic mass is 9.85. The molecule has 0 unspecified atom stereocenters. The largest absolute Gasteiger partial charge is 0.197 e. The van der Waals surface area contributed by atoms with Gasteiger partial charge in [-0.05, 0) is 37.0 Å². The van der Waals surface area contributed by atoms with Gasteiger partial charge in [-0.1, -0.05) is 37.6 Å². The Bertz CT molecular complexity index is 399. The van der Waals surface area contributed by atoms with Crippen LogP contribution in [0.2, 0.25) is 5.02 Å². The fraction of sp³-hybridized carbons (Fsp3) is 0.462. The highest BCUT2D eigenvalue weighted by Gasteiger charge is 2.20. The predicted octanol–water partition coefficient (Wildman–Crippen LogP) is 4.26. The van der Waals surface area contributed by atoms with Gasteiger partial charge in [0.15, 0.2) is 0 Å². The number of hydrogen-bond donors (Lipinski definition) is 0. The summed E-state index contributed by atoms with van der Waals surface area (Å²) in [6, 6.07) is 8.18. The third-order valence-corrected chi connectivity index (χ3v) is 2.95. The molecule has 0 bridgehead atoms. The Kier molecular flexibility index (Phi) is 3.42. The van der Waals surface area contributed by atoms with Crippen molar-refractivity contribution >= 4 is 11.6 Å². The van der Waals surface area contributed by atoms with Gasteiger partial charge in [-0.25, -0.2) is 0 Å². The molecule has 15 heavy (non-hydrogen) atoms. The highest BCUT2D eigenvalue weighted by molar-refractivity contribution is 6.31. The Morgan fingerprint density at radius 3 is 2.33 bits per heavy atom. The maximum absolute atomic E-state index is 9.02. The summed E-state index contributed by atoms with van der Waals surface area (Å²) >= 11 is 6.18. The molecule has 1 aromatic rings. The zero-order valence-electron chi connectivity index (χ0n) is 9.63. The molecule has 0 amide bonds. The van der Waals surface area contributed by atoms with Crippen molar-refractivity contribution in [1.82, 2.24) is 0 Å². The molecule has 0 radical (unpaired) electrons. The van der Waals surface area contributed by atoms with E-state index in [1.54, 1.807) is 0 Å². The Hall–Kier alpha value is -1.00. The molecule has 0 fully saturated rings. The molecule has 0 aliphatic carbocycles. The first-order chi connectivity index (χ1) is 6.88. The lowest BCUT2D eigenvalue weighted by molar-refractivity contribution is 0.685. The van der Waals surface area contributed by atoms with Gasteiger partial charge in [0.05, 0.1) is 11.5 Å². The van der Waals surface area contributed by atoms with Gasteiger partial charge in [0, 0.05) is 5.02 Å². The molecule has 80 valence electrons. The first-order valence-corrected chi connectivity index (χ1v) is 5.47. The number of rotatable bonds is 2. The van der Waals surface area contributed by atoms with Crippen molar-refractivity contribution < 1.29 is 0 Å². The van der Waals surface area contributed by atoms with E-state index < -0.39 is 5.41 Å². The van der Waals surface area contributed by atoms with Crippen LogP contribution in [0.15, 0.2) is 18.2 Å². The van der Waals surface area contributed by atoms with Gasteiger partial charge in [0.1, 0.15) is 0 Å². The summed E-state index contributed by atoms with van der Waals surface area (Å²) in [4.78, 5) is 0. The van der Waals surface area contributed by atoms with Gasteiger partial charge in [0.2, 0.25) is 0 Å². The average molecular weight is 222 g/mol. The molecule has 1 nitrogen and oxygen atoms in total. The van der Waals surface area contributed by atoms with Crippen LogP contribution in [0.3, 0.4) is 0 Å². The summed E-state index contributed by atoms with van der Waals surface area (Å²) in [5.74, 6) is 0.414. The first-order valence-electron chi connectivity index (χ1n) is 5.09. The molecule has 1 aromatic carbocycles. The Morgan fingerprint density at radius 1 is 1.33 bits per heavy atom. The van der Waals surface area contributed by atoms with E-state index in [1.807, 2.05) is 32.0 Å². The van der Waals surface area contributed by atoms with Crippen LogP contribution in [-0.4, -0.2) is 0 Å². The monoisotopic (exact) mass is 221 g/mol. The predicted molar refractivity (Wildman–Crippen MR) is 64.2 cm³/mol. The third-order valence-electron chi connectivity index (χ3n) is 2.62. The molecule has 0 atom stereocenters. The second kappa shape index (κ2) is 4.24. The summed E-state index contributed by atoms with van der Waals surface area (Å²) in [7, 11) is 0. The lowest BCUT2D eigenvalue weighted by Crippen LogP contribution is -2.13. The van der Waals surface area contributed by atoms with Crippen molar-refractivity contribution in [2.45, 2.75) is 39.0 Å². The Labute approximate surface area is 96.7 Å². The van der Waals surface area contributed by atoms with Crippen molar-refractivity contribution in [1.29, 1.82) is 5.26 Å². The van der Waals surface area contributed by atoms with E-state index in [2.05, 4.69) is 19.9 Å². The molecular weight excluding hydrogens is 206 g/mol. The van der Waals surface area contributed by atoms with Gasteiger partial charge in [0.25, 0.3) is 0 Å². The topological polar surface area (TPSA) is 23.8 Å². The normalized spacial score (nSPS) is 11.5. The van der Waals surface area contributed by atoms with Crippen molar-refractivity contribution in [3.8, 4) is 6.07 Å². The fourth-order valence-corrected chi connectivity index (χ4v) is 1.85. The number of benzene rings is 1. The summed E-state index contributed by atoms with van der Waals surface area (Å²) < 4.78 is 0. The lowest BCUT2D eigenvalue weighted by Gasteiger charge is -2.18. The van der Waals surface area contributed by atoms with Crippen LogP contribution in [0.1, 0.15) is 44.7 Å². The van der Waals surface area contributed by atoms with E-state index >= 15 is 0 Å². The van der Waals surface area contributed by atoms with Crippen molar-refractivity contribution in [3.63, 3.8) is 0 Å². The van der Waals surface area contributed by atoms with Gasteiger partial charge in [-0.3, -0.25) is 0 Å².